The molecule has 0 saturated carbocycles. The standard InChI is InChI=1S/C15H14F3N5O3/c1-14(13(25)26)4-5-22(8-14)12(24)10-7-23(21-20-10)11-3-2-9(6-19-11)15(16,17)18/h2-3,6-7H,4-5,8H2,1H3,(H,25,26). The molecular weight excluding hydrogens is 355 g/mol. The monoisotopic (exact) mass is 369 g/mol. The molecule has 3 rings (SSSR count). The second-order valence-electron chi connectivity index (χ2n) is 6.29. The van der Waals surface area contributed by atoms with Crippen LogP contribution in [-0.2, 0) is 11.0 Å². The molecule has 1 saturated heterocycles. The third-order valence-electron chi connectivity index (χ3n) is 4.30. The maximum atomic E-state index is 12.6. The Morgan fingerprint density at radius 2 is 2.04 bits per heavy atom. The Balaban J connectivity index is 1.76. The molecule has 1 atom stereocenters. The molecule has 3 heterocycles. The highest BCUT2D eigenvalue weighted by molar-refractivity contribution is 5.93. The summed E-state index contributed by atoms with van der Waals surface area (Å²) in [6.45, 7) is 1.88. The van der Waals surface area contributed by atoms with E-state index >= 15 is 0 Å². The molecule has 0 bridgehead atoms. The highest BCUT2D eigenvalue weighted by Crippen LogP contribution is 2.31. The van der Waals surface area contributed by atoms with Crippen molar-refractivity contribution in [3.63, 3.8) is 0 Å². The molecule has 1 aliphatic heterocycles. The third kappa shape index (κ3) is 3.24. The van der Waals surface area contributed by atoms with E-state index < -0.39 is 29.0 Å². The van der Waals surface area contributed by atoms with Crippen LogP contribution in [0.1, 0.15) is 29.4 Å². The van der Waals surface area contributed by atoms with Crippen LogP contribution in [-0.4, -0.2) is 55.0 Å². The SMILES string of the molecule is CC1(C(=O)O)CCN(C(=O)c2cn(-c3ccc(C(F)(F)F)cn3)nn2)C1. The van der Waals surface area contributed by atoms with E-state index in [0.29, 0.717) is 12.6 Å². The van der Waals surface area contributed by atoms with E-state index in [1.807, 2.05) is 0 Å². The van der Waals surface area contributed by atoms with Gasteiger partial charge in [0.2, 0.25) is 0 Å². The van der Waals surface area contributed by atoms with Crippen molar-refractivity contribution in [3.8, 4) is 5.82 Å². The summed E-state index contributed by atoms with van der Waals surface area (Å²) >= 11 is 0. The number of alkyl halides is 3. The van der Waals surface area contributed by atoms with E-state index in [1.54, 1.807) is 6.92 Å². The summed E-state index contributed by atoms with van der Waals surface area (Å²) in [4.78, 5) is 28.7. The van der Waals surface area contributed by atoms with E-state index in [4.69, 9.17) is 0 Å². The Labute approximate surface area is 145 Å². The molecule has 2 aromatic heterocycles. The van der Waals surface area contributed by atoms with Gasteiger partial charge in [-0.05, 0) is 25.5 Å². The Hall–Kier alpha value is -2.98. The number of hydrogen-bond acceptors (Lipinski definition) is 5. The summed E-state index contributed by atoms with van der Waals surface area (Å²) < 4.78 is 38.8. The molecular formula is C15H14F3N5O3. The van der Waals surface area contributed by atoms with Crippen molar-refractivity contribution >= 4 is 11.9 Å². The van der Waals surface area contributed by atoms with Crippen LogP contribution in [0.3, 0.4) is 0 Å². The predicted molar refractivity (Wildman–Crippen MR) is 80.4 cm³/mol. The Morgan fingerprint density at radius 3 is 2.58 bits per heavy atom. The molecule has 0 aromatic carbocycles. The number of hydrogen-bond donors (Lipinski definition) is 1. The highest BCUT2D eigenvalue weighted by Gasteiger charge is 2.42. The Morgan fingerprint density at radius 1 is 1.31 bits per heavy atom. The van der Waals surface area contributed by atoms with E-state index in [9.17, 15) is 27.9 Å². The number of aromatic nitrogens is 4. The molecule has 11 heteroatoms. The first-order valence-electron chi connectivity index (χ1n) is 7.59. The zero-order valence-electron chi connectivity index (χ0n) is 13.6. The van der Waals surface area contributed by atoms with Crippen LogP contribution in [0.25, 0.3) is 5.82 Å². The number of halogens is 3. The lowest BCUT2D eigenvalue weighted by Crippen LogP contribution is -2.35. The van der Waals surface area contributed by atoms with Gasteiger partial charge in [-0.2, -0.15) is 13.2 Å². The third-order valence-corrected chi connectivity index (χ3v) is 4.30. The number of pyridine rings is 1. The first kappa shape index (κ1) is 17.8. The molecule has 1 aliphatic rings. The molecule has 0 spiro atoms. The fourth-order valence-electron chi connectivity index (χ4n) is 2.63. The molecule has 0 radical (unpaired) electrons. The Kier molecular flexibility index (Phi) is 4.17. The van der Waals surface area contributed by atoms with Gasteiger partial charge in [0.25, 0.3) is 5.91 Å². The number of amides is 1. The summed E-state index contributed by atoms with van der Waals surface area (Å²) in [5, 5.41) is 16.6. The molecule has 138 valence electrons. The average molecular weight is 369 g/mol. The smallest absolute Gasteiger partial charge is 0.417 e. The van der Waals surface area contributed by atoms with Crippen molar-refractivity contribution in [2.24, 2.45) is 5.41 Å². The Bertz CT molecular complexity index is 849. The lowest BCUT2D eigenvalue weighted by molar-refractivity contribution is -0.147. The summed E-state index contributed by atoms with van der Waals surface area (Å²) in [7, 11) is 0. The van der Waals surface area contributed by atoms with Crippen molar-refractivity contribution in [2.75, 3.05) is 13.1 Å². The minimum atomic E-state index is -4.50. The molecule has 1 fully saturated rings. The van der Waals surface area contributed by atoms with Gasteiger partial charge in [0.15, 0.2) is 11.5 Å². The topological polar surface area (TPSA) is 101 Å². The maximum absolute atomic E-state index is 12.6. The quantitative estimate of drug-likeness (QED) is 0.882. The number of carboxylic acid groups (broad SMARTS) is 1. The number of nitrogens with zero attached hydrogens (tertiary/aromatic N) is 5. The molecule has 2 aromatic rings. The second-order valence-corrected chi connectivity index (χ2v) is 6.29. The summed E-state index contributed by atoms with van der Waals surface area (Å²) in [5.74, 6) is -1.40. The van der Waals surface area contributed by atoms with Crippen LogP contribution in [0, 0.1) is 5.41 Å². The summed E-state index contributed by atoms with van der Waals surface area (Å²) in [6, 6.07) is 1.97. The minimum Gasteiger partial charge on any atom is -0.481 e. The minimum absolute atomic E-state index is 0.0404. The van der Waals surface area contributed by atoms with Crippen LogP contribution in [0.5, 0.6) is 0 Å². The van der Waals surface area contributed by atoms with Crippen molar-refractivity contribution < 1.29 is 27.9 Å². The predicted octanol–water partition coefficient (Wildman–Crippen LogP) is 1.62. The number of carboxylic acids is 1. The van der Waals surface area contributed by atoms with Crippen LogP contribution >= 0.6 is 0 Å². The summed E-state index contributed by atoms with van der Waals surface area (Å²) in [6.07, 6.45) is -2.27. The maximum Gasteiger partial charge on any atom is 0.417 e. The molecule has 1 N–H and O–H groups in total. The van der Waals surface area contributed by atoms with Gasteiger partial charge in [0.1, 0.15) is 0 Å². The van der Waals surface area contributed by atoms with E-state index in [-0.39, 0.29) is 24.6 Å². The average Bonchev–Trinajstić information content (AvgIpc) is 3.21. The van der Waals surface area contributed by atoms with Crippen LogP contribution in [0.4, 0.5) is 13.2 Å². The van der Waals surface area contributed by atoms with Gasteiger partial charge in [-0.15, -0.1) is 5.10 Å². The zero-order valence-corrected chi connectivity index (χ0v) is 13.6. The number of likely N-dealkylation sites (tertiary alicyclic amines) is 1. The van der Waals surface area contributed by atoms with Crippen LogP contribution < -0.4 is 0 Å². The molecule has 8 nitrogen and oxygen atoms in total. The van der Waals surface area contributed by atoms with Gasteiger partial charge in [0.05, 0.1) is 17.2 Å². The molecule has 26 heavy (non-hydrogen) atoms. The van der Waals surface area contributed by atoms with Crippen LogP contribution in [0.2, 0.25) is 0 Å². The number of carbonyl (C=O) groups excluding carboxylic acids is 1. The largest absolute Gasteiger partial charge is 0.481 e. The second kappa shape index (κ2) is 6.07. The lowest BCUT2D eigenvalue weighted by atomic mass is 9.90. The first-order chi connectivity index (χ1) is 12.1. The van der Waals surface area contributed by atoms with E-state index in [0.717, 1.165) is 16.8 Å². The summed E-state index contributed by atoms with van der Waals surface area (Å²) in [5.41, 5.74) is -1.95. The van der Waals surface area contributed by atoms with Gasteiger partial charge in [0, 0.05) is 19.3 Å². The first-order valence-corrected chi connectivity index (χ1v) is 7.59. The fourth-order valence-corrected chi connectivity index (χ4v) is 2.63. The van der Waals surface area contributed by atoms with Crippen LogP contribution in [0.15, 0.2) is 24.5 Å². The number of rotatable bonds is 3. The van der Waals surface area contributed by atoms with Crippen molar-refractivity contribution in [2.45, 2.75) is 19.5 Å². The van der Waals surface area contributed by atoms with Gasteiger partial charge in [-0.25, -0.2) is 9.67 Å². The highest BCUT2D eigenvalue weighted by atomic mass is 19.4. The fraction of sp³-hybridized carbons (Fsp3) is 0.400. The van der Waals surface area contributed by atoms with E-state index in [1.165, 1.54) is 11.1 Å². The van der Waals surface area contributed by atoms with Crippen molar-refractivity contribution in [1.29, 1.82) is 0 Å². The lowest BCUT2D eigenvalue weighted by Gasteiger charge is -2.19. The van der Waals surface area contributed by atoms with Crippen molar-refractivity contribution in [1.82, 2.24) is 24.9 Å². The van der Waals surface area contributed by atoms with E-state index in [2.05, 4.69) is 15.3 Å². The molecule has 1 unspecified atom stereocenters. The normalized spacial score (nSPS) is 20.4. The molecule has 1 amide bonds. The number of aliphatic carboxylic acids is 1. The molecule has 0 aliphatic carbocycles. The zero-order chi connectivity index (χ0) is 19.1. The van der Waals surface area contributed by atoms with Gasteiger partial charge in [-0.3, -0.25) is 9.59 Å². The van der Waals surface area contributed by atoms with Gasteiger partial charge < -0.3 is 10.0 Å². The number of carbonyl (C=O) groups is 2. The van der Waals surface area contributed by atoms with Gasteiger partial charge in [-0.1, -0.05) is 5.21 Å². The van der Waals surface area contributed by atoms with Crippen molar-refractivity contribution in [3.05, 3.63) is 35.8 Å². The van der Waals surface area contributed by atoms with Gasteiger partial charge >= 0.3 is 12.1 Å².